The summed E-state index contributed by atoms with van der Waals surface area (Å²) in [5, 5.41) is 5.23. The van der Waals surface area contributed by atoms with E-state index in [0.717, 1.165) is 0 Å². The van der Waals surface area contributed by atoms with Crippen LogP contribution in [0.3, 0.4) is 0 Å². The van der Waals surface area contributed by atoms with Crippen LogP contribution in [0.15, 0.2) is 6.20 Å². The Balaban J connectivity index is 3.11. The molecule has 76 valence electrons. The highest BCUT2D eigenvalue weighted by Crippen LogP contribution is 2.15. The van der Waals surface area contributed by atoms with Gasteiger partial charge in [-0.1, -0.05) is 0 Å². The Kier molecular flexibility index (Phi) is 3.22. The van der Waals surface area contributed by atoms with Gasteiger partial charge in [0.05, 0.1) is 7.11 Å². The van der Waals surface area contributed by atoms with Crippen molar-refractivity contribution in [2.45, 2.75) is 0 Å². The SMILES string of the molecule is CNC(=O)c1cnc(NC)nc1OC. The Hall–Kier alpha value is -1.85. The molecule has 0 radical (unpaired) electrons. The lowest BCUT2D eigenvalue weighted by molar-refractivity contribution is 0.0959. The van der Waals surface area contributed by atoms with Crippen LogP contribution in [0.25, 0.3) is 0 Å². The minimum absolute atomic E-state index is 0.253. The Labute approximate surface area is 81.7 Å². The number of carbonyl (C=O) groups excluding carboxylic acids is 1. The molecule has 0 aliphatic carbocycles. The number of hydrogen-bond donors (Lipinski definition) is 2. The van der Waals surface area contributed by atoms with E-state index in [2.05, 4.69) is 20.6 Å². The predicted molar refractivity (Wildman–Crippen MR) is 51.5 cm³/mol. The smallest absolute Gasteiger partial charge is 0.258 e. The lowest BCUT2D eigenvalue weighted by Gasteiger charge is -2.06. The van der Waals surface area contributed by atoms with Gasteiger partial charge in [-0.3, -0.25) is 4.79 Å². The van der Waals surface area contributed by atoms with E-state index in [4.69, 9.17) is 4.74 Å². The fourth-order valence-electron chi connectivity index (χ4n) is 0.933. The number of ether oxygens (including phenoxy) is 1. The second-order valence-electron chi connectivity index (χ2n) is 2.45. The molecule has 14 heavy (non-hydrogen) atoms. The van der Waals surface area contributed by atoms with Crippen molar-refractivity contribution in [1.29, 1.82) is 0 Å². The fraction of sp³-hybridized carbons (Fsp3) is 0.375. The summed E-state index contributed by atoms with van der Waals surface area (Å²) >= 11 is 0. The number of nitrogens with zero attached hydrogens (tertiary/aromatic N) is 2. The van der Waals surface area contributed by atoms with Gasteiger partial charge in [-0.05, 0) is 0 Å². The van der Waals surface area contributed by atoms with Crippen molar-refractivity contribution in [2.24, 2.45) is 0 Å². The Morgan fingerprint density at radius 2 is 2.21 bits per heavy atom. The zero-order valence-corrected chi connectivity index (χ0v) is 8.29. The molecule has 1 aromatic heterocycles. The maximum atomic E-state index is 11.3. The molecule has 2 N–H and O–H groups in total. The summed E-state index contributed by atoms with van der Waals surface area (Å²) in [6.07, 6.45) is 1.41. The number of amides is 1. The highest BCUT2D eigenvalue weighted by molar-refractivity contribution is 5.95. The maximum Gasteiger partial charge on any atom is 0.258 e. The summed E-state index contributed by atoms with van der Waals surface area (Å²) in [4.78, 5) is 19.2. The van der Waals surface area contributed by atoms with Crippen LogP contribution in [-0.4, -0.2) is 37.1 Å². The number of hydrogen-bond acceptors (Lipinski definition) is 5. The van der Waals surface area contributed by atoms with Crippen molar-refractivity contribution in [3.05, 3.63) is 11.8 Å². The minimum Gasteiger partial charge on any atom is -0.480 e. The predicted octanol–water partition coefficient (Wildman–Crippen LogP) is -0.114. The normalized spacial score (nSPS) is 9.36. The molecule has 0 aliphatic rings. The van der Waals surface area contributed by atoms with Gasteiger partial charge in [0.1, 0.15) is 5.56 Å². The first kappa shape index (κ1) is 10.2. The summed E-state index contributed by atoms with van der Waals surface area (Å²) in [5.41, 5.74) is 0.314. The van der Waals surface area contributed by atoms with Gasteiger partial charge >= 0.3 is 0 Å². The van der Waals surface area contributed by atoms with Gasteiger partial charge < -0.3 is 15.4 Å². The molecule has 0 bridgehead atoms. The Morgan fingerprint density at radius 1 is 1.50 bits per heavy atom. The van der Waals surface area contributed by atoms with Crippen molar-refractivity contribution in [1.82, 2.24) is 15.3 Å². The highest BCUT2D eigenvalue weighted by atomic mass is 16.5. The third kappa shape index (κ3) is 1.90. The summed E-state index contributed by atoms with van der Waals surface area (Å²) in [6.45, 7) is 0. The summed E-state index contributed by atoms with van der Waals surface area (Å²) in [7, 11) is 4.68. The first-order valence-corrected chi connectivity index (χ1v) is 4.03. The average Bonchev–Trinajstić information content (AvgIpc) is 2.27. The first-order chi connectivity index (χ1) is 6.72. The van der Waals surface area contributed by atoms with Crippen LogP contribution in [-0.2, 0) is 0 Å². The molecular weight excluding hydrogens is 184 g/mol. The quantitative estimate of drug-likeness (QED) is 0.705. The molecule has 0 aliphatic heterocycles. The summed E-state index contributed by atoms with van der Waals surface area (Å²) < 4.78 is 4.96. The molecular formula is C8H12N4O2. The number of methoxy groups -OCH3 is 1. The summed E-state index contributed by atoms with van der Waals surface area (Å²) in [5.74, 6) is 0.391. The lowest BCUT2D eigenvalue weighted by Crippen LogP contribution is -2.19. The second-order valence-corrected chi connectivity index (χ2v) is 2.45. The van der Waals surface area contributed by atoms with E-state index >= 15 is 0 Å². The Bertz CT molecular complexity index is 340. The van der Waals surface area contributed by atoms with E-state index in [9.17, 15) is 4.79 Å². The molecule has 0 fully saturated rings. The highest BCUT2D eigenvalue weighted by Gasteiger charge is 2.13. The molecule has 0 atom stereocenters. The minimum atomic E-state index is -0.274. The number of rotatable bonds is 3. The largest absolute Gasteiger partial charge is 0.480 e. The van der Waals surface area contributed by atoms with E-state index in [1.807, 2.05) is 0 Å². The number of carbonyl (C=O) groups is 1. The van der Waals surface area contributed by atoms with Crippen LogP contribution >= 0.6 is 0 Å². The van der Waals surface area contributed by atoms with Gasteiger partial charge in [0, 0.05) is 20.3 Å². The van der Waals surface area contributed by atoms with Crippen molar-refractivity contribution < 1.29 is 9.53 Å². The maximum absolute atomic E-state index is 11.3. The summed E-state index contributed by atoms with van der Waals surface area (Å²) in [6, 6.07) is 0. The number of aromatic nitrogens is 2. The first-order valence-electron chi connectivity index (χ1n) is 4.03. The van der Waals surface area contributed by atoms with Gasteiger partial charge in [-0.2, -0.15) is 4.98 Å². The van der Waals surface area contributed by atoms with Crippen LogP contribution in [0.5, 0.6) is 5.88 Å². The van der Waals surface area contributed by atoms with E-state index in [0.29, 0.717) is 11.5 Å². The molecule has 1 aromatic rings. The van der Waals surface area contributed by atoms with Gasteiger partial charge in [0.2, 0.25) is 11.8 Å². The fourth-order valence-corrected chi connectivity index (χ4v) is 0.933. The molecule has 1 rings (SSSR count). The molecule has 6 nitrogen and oxygen atoms in total. The average molecular weight is 196 g/mol. The van der Waals surface area contributed by atoms with Crippen LogP contribution in [0, 0.1) is 0 Å². The van der Waals surface area contributed by atoms with Gasteiger partial charge in [-0.15, -0.1) is 0 Å². The van der Waals surface area contributed by atoms with Crippen molar-refractivity contribution in [3.63, 3.8) is 0 Å². The van der Waals surface area contributed by atoms with Crippen LogP contribution in [0.1, 0.15) is 10.4 Å². The molecule has 0 unspecified atom stereocenters. The van der Waals surface area contributed by atoms with Crippen molar-refractivity contribution in [3.8, 4) is 5.88 Å². The monoisotopic (exact) mass is 196 g/mol. The molecule has 1 heterocycles. The van der Waals surface area contributed by atoms with Gasteiger partial charge in [0.25, 0.3) is 5.91 Å². The van der Waals surface area contributed by atoms with E-state index in [1.54, 1.807) is 7.05 Å². The van der Waals surface area contributed by atoms with Gasteiger partial charge in [-0.25, -0.2) is 4.98 Å². The lowest BCUT2D eigenvalue weighted by atomic mass is 10.3. The van der Waals surface area contributed by atoms with Crippen LogP contribution in [0.4, 0.5) is 5.95 Å². The second kappa shape index (κ2) is 4.40. The topological polar surface area (TPSA) is 76.1 Å². The zero-order chi connectivity index (χ0) is 10.6. The third-order valence-corrected chi connectivity index (χ3v) is 1.64. The molecule has 6 heteroatoms. The van der Waals surface area contributed by atoms with Crippen molar-refractivity contribution >= 4 is 11.9 Å². The molecule has 1 amide bonds. The zero-order valence-electron chi connectivity index (χ0n) is 8.29. The van der Waals surface area contributed by atoms with E-state index in [-0.39, 0.29) is 11.8 Å². The number of anilines is 1. The van der Waals surface area contributed by atoms with Crippen molar-refractivity contribution in [2.75, 3.05) is 26.5 Å². The van der Waals surface area contributed by atoms with Crippen LogP contribution in [0.2, 0.25) is 0 Å². The Morgan fingerprint density at radius 3 is 2.71 bits per heavy atom. The standard InChI is InChI=1S/C8H12N4O2/c1-9-6(13)5-4-11-8(10-2)12-7(5)14-3/h4H,1-3H3,(H,9,13)(H,10,11,12). The molecule has 0 aromatic carbocycles. The van der Waals surface area contributed by atoms with E-state index < -0.39 is 0 Å². The molecule has 0 spiro atoms. The van der Waals surface area contributed by atoms with Gasteiger partial charge in [0.15, 0.2) is 0 Å². The van der Waals surface area contributed by atoms with Crippen LogP contribution < -0.4 is 15.4 Å². The van der Waals surface area contributed by atoms with E-state index in [1.165, 1.54) is 20.4 Å². The molecule has 0 saturated carbocycles. The molecule has 0 saturated heterocycles. The third-order valence-electron chi connectivity index (χ3n) is 1.64. The number of nitrogens with one attached hydrogen (secondary N) is 2.